The summed E-state index contributed by atoms with van der Waals surface area (Å²) in [6, 6.07) is 15.2. The summed E-state index contributed by atoms with van der Waals surface area (Å²) >= 11 is 1.41. The second-order valence-electron chi connectivity index (χ2n) is 7.57. The predicted molar refractivity (Wildman–Crippen MR) is 123 cm³/mol. The number of hydrogen-bond acceptors (Lipinski definition) is 4. The number of carbonyl (C=O) groups is 1. The molecule has 170 valence electrons. The number of alkyl halides is 3. The molecule has 3 N–H and O–H groups in total. The van der Waals surface area contributed by atoms with Crippen LogP contribution in [0.1, 0.15) is 37.5 Å². The number of nitrogens with two attached hydrogens (primary N) is 1. The van der Waals surface area contributed by atoms with E-state index >= 15 is 0 Å². The Bertz CT molecular complexity index is 1090. The second kappa shape index (κ2) is 9.94. The van der Waals surface area contributed by atoms with Crippen LogP contribution >= 0.6 is 23.7 Å². The molecule has 2 heterocycles. The highest BCUT2D eigenvalue weighted by Gasteiger charge is 2.30. The van der Waals surface area contributed by atoms with Gasteiger partial charge >= 0.3 is 6.18 Å². The molecule has 1 amide bonds. The lowest BCUT2D eigenvalue weighted by Gasteiger charge is -2.27. The summed E-state index contributed by atoms with van der Waals surface area (Å²) in [7, 11) is 0. The van der Waals surface area contributed by atoms with Crippen LogP contribution < -0.4 is 11.1 Å². The number of benzene rings is 2. The zero-order valence-electron chi connectivity index (χ0n) is 17.1. The highest BCUT2D eigenvalue weighted by molar-refractivity contribution is 7.16. The van der Waals surface area contributed by atoms with E-state index in [0.717, 1.165) is 42.2 Å². The highest BCUT2D eigenvalue weighted by Crippen LogP contribution is 2.35. The molecule has 2 aromatic carbocycles. The van der Waals surface area contributed by atoms with E-state index in [1.165, 1.54) is 23.0 Å². The molecule has 4 nitrogen and oxygen atoms in total. The summed E-state index contributed by atoms with van der Waals surface area (Å²) < 4.78 is 38.7. The topological polar surface area (TPSA) is 58.4 Å². The van der Waals surface area contributed by atoms with Crippen LogP contribution in [-0.2, 0) is 32.2 Å². The number of nitrogen functional groups attached to an aromatic ring is 1. The van der Waals surface area contributed by atoms with Gasteiger partial charge in [-0.2, -0.15) is 13.2 Å². The molecule has 3 aromatic rings. The highest BCUT2D eigenvalue weighted by atomic mass is 35.5. The number of anilines is 1. The Kier molecular flexibility index (Phi) is 7.48. The van der Waals surface area contributed by atoms with Crippen LogP contribution in [0.15, 0.2) is 54.6 Å². The third-order valence-corrected chi connectivity index (χ3v) is 6.39. The van der Waals surface area contributed by atoms with E-state index in [1.54, 1.807) is 6.07 Å². The number of fused-ring (bicyclic) bond motifs is 1. The maximum absolute atomic E-state index is 12.9. The monoisotopic (exact) mass is 481 g/mol. The van der Waals surface area contributed by atoms with Gasteiger partial charge in [-0.3, -0.25) is 9.69 Å². The number of thiophene rings is 1. The van der Waals surface area contributed by atoms with Crippen molar-refractivity contribution in [2.75, 3.05) is 12.3 Å². The first-order chi connectivity index (χ1) is 14.8. The first kappa shape index (κ1) is 24.1. The molecule has 1 aromatic heterocycles. The maximum atomic E-state index is 12.9. The summed E-state index contributed by atoms with van der Waals surface area (Å²) in [5, 5.41) is 3.18. The Labute approximate surface area is 194 Å². The minimum absolute atomic E-state index is 0. The molecule has 0 atom stereocenters. The number of nitrogens with one attached hydrogen (secondary N) is 1. The van der Waals surface area contributed by atoms with Crippen LogP contribution in [0.4, 0.5) is 18.2 Å². The zero-order chi connectivity index (χ0) is 22.0. The van der Waals surface area contributed by atoms with Crippen LogP contribution in [0.3, 0.4) is 0 Å². The smallest absolute Gasteiger partial charge is 0.390 e. The quantitative estimate of drug-likeness (QED) is 0.522. The SMILES string of the molecule is Cl.Nc1sc2c(c1C(=O)NCc1cccc(C(F)(F)F)c1)CCN(Cc1ccccc1)C2. The van der Waals surface area contributed by atoms with Gasteiger partial charge in [0.15, 0.2) is 0 Å². The third kappa shape index (κ3) is 5.43. The predicted octanol–water partition coefficient (Wildman–Crippen LogP) is 5.26. The van der Waals surface area contributed by atoms with Crippen LogP contribution in [0.5, 0.6) is 0 Å². The van der Waals surface area contributed by atoms with Crippen molar-refractivity contribution in [1.29, 1.82) is 0 Å². The average Bonchev–Trinajstić information content (AvgIpc) is 3.07. The molecular formula is C23H23ClF3N3OS. The van der Waals surface area contributed by atoms with Gasteiger partial charge in [-0.05, 0) is 35.2 Å². The average molecular weight is 482 g/mol. The van der Waals surface area contributed by atoms with E-state index < -0.39 is 11.7 Å². The molecule has 0 saturated carbocycles. The van der Waals surface area contributed by atoms with E-state index in [4.69, 9.17) is 5.73 Å². The minimum atomic E-state index is -4.41. The van der Waals surface area contributed by atoms with Crippen molar-refractivity contribution in [2.24, 2.45) is 0 Å². The number of amides is 1. The number of rotatable bonds is 5. The fraction of sp³-hybridized carbons (Fsp3) is 0.261. The number of carbonyl (C=O) groups excluding carboxylic acids is 1. The molecule has 9 heteroatoms. The molecule has 0 fully saturated rings. The fourth-order valence-electron chi connectivity index (χ4n) is 3.83. The van der Waals surface area contributed by atoms with Crippen molar-refractivity contribution in [1.82, 2.24) is 10.2 Å². The van der Waals surface area contributed by atoms with Crippen molar-refractivity contribution in [2.45, 2.75) is 32.2 Å². The van der Waals surface area contributed by atoms with Gasteiger partial charge in [-0.1, -0.05) is 42.5 Å². The summed E-state index contributed by atoms with van der Waals surface area (Å²) in [6.07, 6.45) is -3.70. The maximum Gasteiger partial charge on any atom is 0.416 e. The van der Waals surface area contributed by atoms with E-state index in [1.807, 2.05) is 18.2 Å². The van der Waals surface area contributed by atoms with E-state index in [2.05, 4.69) is 22.3 Å². The van der Waals surface area contributed by atoms with Crippen molar-refractivity contribution >= 4 is 34.7 Å². The van der Waals surface area contributed by atoms with E-state index in [0.29, 0.717) is 22.5 Å². The van der Waals surface area contributed by atoms with Crippen LogP contribution in [0.2, 0.25) is 0 Å². The van der Waals surface area contributed by atoms with Crippen molar-refractivity contribution < 1.29 is 18.0 Å². The molecule has 0 unspecified atom stereocenters. The fourth-order valence-corrected chi connectivity index (χ4v) is 4.99. The van der Waals surface area contributed by atoms with Crippen molar-refractivity contribution in [3.63, 3.8) is 0 Å². The lowest BCUT2D eigenvalue weighted by atomic mass is 10.0. The molecule has 1 aliphatic heterocycles. The first-order valence-electron chi connectivity index (χ1n) is 9.92. The molecular weight excluding hydrogens is 459 g/mol. The second-order valence-corrected chi connectivity index (χ2v) is 8.71. The van der Waals surface area contributed by atoms with Gasteiger partial charge in [0.25, 0.3) is 5.91 Å². The normalized spacial score (nSPS) is 13.8. The number of halogens is 4. The number of nitrogens with zero attached hydrogens (tertiary/aromatic N) is 1. The van der Waals surface area contributed by atoms with E-state index in [-0.39, 0.29) is 24.9 Å². The summed E-state index contributed by atoms with van der Waals surface area (Å²) in [5.41, 5.74) is 8.47. The number of hydrogen-bond donors (Lipinski definition) is 2. The zero-order valence-corrected chi connectivity index (χ0v) is 18.7. The van der Waals surface area contributed by atoms with Gasteiger partial charge in [0, 0.05) is 31.1 Å². The summed E-state index contributed by atoms with van der Waals surface area (Å²) in [4.78, 5) is 16.2. The Morgan fingerprint density at radius 3 is 2.53 bits per heavy atom. The van der Waals surface area contributed by atoms with Gasteiger partial charge in [-0.15, -0.1) is 23.7 Å². The molecule has 32 heavy (non-hydrogen) atoms. The Hall–Kier alpha value is -2.55. The van der Waals surface area contributed by atoms with Crippen molar-refractivity contribution in [3.05, 3.63) is 87.3 Å². The first-order valence-corrected chi connectivity index (χ1v) is 10.7. The standard InChI is InChI=1S/C23H22F3N3OS.ClH/c24-23(25,26)17-8-4-7-16(11-17)12-28-22(30)20-18-9-10-29(14-19(18)31-21(20)27)13-15-5-2-1-3-6-15;/h1-8,11H,9-10,12-14,27H2,(H,28,30);1H. The van der Waals surface area contributed by atoms with Gasteiger partial charge in [-0.25, -0.2) is 0 Å². The Balaban J connectivity index is 0.00000289. The van der Waals surface area contributed by atoms with Crippen LogP contribution in [0.25, 0.3) is 0 Å². The lowest BCUT2D eigenvalue weighted by Crippen LogP contribution is -2.31. The van der Waals surface area contributed by atoms with Gasteiger partial charge in [0.05, 0.1) is 16.1 Å². The van der Waals surface area contributed by atoms with Crippen LogP contribution in [-0.4, -0.2) is 17.4 Å². The van der Waals surface area contributed by atoms with Gasteiger partial charge in [0.1, 0.15) is 0 Å². The molecule has 0 aliphatic carbocycles. The van der Waals surface area contributed by atoms with E-state index in [9.17, 15) is 18.0 Å². The van der Waals surface area contributed by atoms with Crippen LogP contribution in [0, 0.1) is 0 Å². The lowest BCUT2D eigenvalue weighted by molar-refractivity contribution is -0.137. The third-order valence-electron chi connectivity index (χ3n) is 5.35. The van der Waals surface area contributed by atoms with Crippen molar-refractivity contribution in [3.8, 4) is 0 Å². The van der Waals surface area contributed by atoms with Gasteiger partial charge < -0.3 is 11.1 Å². The largest absolute Gasteiger partial charge is 0.416 e. The van der Waals surface area contributed by atoms with Gasteiger partial charge in [0.2, 0.25) is 0 Å². The molecule has 0 radical (unpaired) electrons. The molecule has 0 saturated heterocycles. The summed E-state index contributed by atoms with van der Waals surface area (Å²) in [6.45, 7) is 2.37. The summed E-state index contributed by atoms with van der Waals surface area (Å²) in [5.74, 6) is -0.344. The minimum Gasteiger partial charge on any atom is -0.390 e. The Morgan fingerprint density at radius 1 is 1.09 bits per heavy atom. The molecule has 1 aliphatic rings. The molecule has 0 spiro atoms. The Morgan fingerprint density at radius 2 is 1.81 bits per heavy atom. The molecule has 0 bridgehead atoms. The molecule has 4 rings (SSSR count).